The summed E-state index contributed by atoms with van der Waals surface area (Å²) in [7, 11) is 0. The minimum Gasteiger partial charge on any atom is -0.489 e. The topological polar surface area (TPSA) is 80.9 Å². The molecule has 1 aromatic heterocycles. The summed E-state index contributed by atoms with van der Waals surface area (Å²) in [5.41, 5.74) is 4.30. The first kappa shape index (κ1) is 20.4. The van der Waals surface area contributed by atoms with Crippen LogP contribution < -0.4 is 15.6 Å². The zero-order valence-corrected chi connectivity index (χ0v) is 17.0. The smallest absolute Gasteiger partial charge is 0.271 e. The van der Waals surface area contributed by atoms with E-state index in [9.17, 15) is 9.59 Å². The first-order chi connectivity index (χ1) is 15.1. The average Bonchev–Trinajstić information content (AvgIpc) is 2.80. The van der Waals surface area contributed by atoms with Crippen LogP contribution in [0.15, 0.2) is 93.4 Å². The zero-order valence-electron chi connectivity index (χ0n) is 16.2. The van der Waals surface area contributed by atoms with Gasteiger partial charge in [0, 0.05) is 10.6 Å². The zero-order chi connectivity index (χ0) is 21.6. The molecule has 1 N–H and O–H groups in total. The van der Waals surface area contributed by atoms with Crippen LogP contribution in [-0.4, -0.2) is 12.1 Å². The Kier molecular flexibility index (Phi) is 6.10. The molecule has 0 atom stereocenters. The maximum Gasteiger partial charge on any atom is 0.271 e. The molecule has 1 heterocycles. The van der Waals surface area contributed by atoms with Crippen LogP contribution in [0.4, 0.5) is 0 Å². The molecule has 0 aliphatic carbocycles. The number of para-hydroxylation sites is 1. The van der Waals surface area contributed by atoms with Crippen LogP contribution in [0.25, 0.3) is 11.0 Å². The Balaban J connectivity index is 1.36. The van der Waals surface area contributed by atoms with E-state index in [-0.39, 0.29) is 11.0 Å². The number of carbonyl (C=O) groups is 1. The number of carbonyl (C=O) groups excluding carboxylic acids is 1. The fourth-order valence-electron chi connectivity index (χ4n) is 2.86. The van der Waals surface area contributed by atoms with E-state index < -0.39 is 5.91 Å². The van der Waals surface area contributed by atoms with Crippen LogP contribution in [0.3, 0.4) is 0 Å². The summed E-state index contributed by atoms with van der Waals surface area (Å²) in [4.78, 5) is 24.7. The number of amides is 1. The monoisotopic (exact) mass is 432 g/mol. The van der Waals surface area contributed by atoms with Crippen molar-refractivity contribution in [3.8, 4) is 5.75 Å². The highest BCUT2D eigenvalue weighted by atomic mass is 35.5. The highest BCUT2D eigenvalue weighted by molar-refractivity contribution is 6.30. The van der Waals surface area contributed by atoms with Crippen LogP contribution in [0.5, 0.6) is 5.75 Å². The molecule has 1 amide bonds. The normalized spacial score (nSPS) is 11.0. The highest BCUT2D eigenvalue weighted by Gasteiger charge is 2.07. The summed E-state index contributed by atoms with van der Waals surface area (Å²) in [6.45, 7) is 0.390. The molecular weight excluding hydrogens is 416 g/mol. The van der Waals surface area contributed by atoms with E-state index in [2.05, 4.69) is 10.5 Å². The van der Waals surface area contributed by atoms with Gasteiger partial charge in [-0.25, -0.2) is 5.43 Å². The minimum absolute atomic E-state index is 0.220. The molecule has 3 aromatic carbocycles. The molecule has 0 radical (unpaired) electrons. The van der Waals surface area contributed by atoms with Gasteiger partial charge in [0.25, 0.3) is 5.91 Å². The Morgan fingerprint density at radius 3 is 2.55 bits per heavy atom. The van der Waals surface area contributed by atoms with Crippen molar-refractivity contribution in [1.82, 2.24) is 5.43 Å². The van der Waals surface area contributed by atoms with Crippen molar-refractivity contribution in [2.45, 2.75) is 6.61 Å². The molecule has 6 nitrogen and oxygen atoms in total. The number of hydrogen-bond acceptors (Lipinski definition) is 5. The molecule has 31 heavy (non-hydrogen) atoms. The number of halogens is 1. The second kappa shape index (κ2) is 9.28. The van der Waals surface area contributed by atoms with Crippen LogP contribution >= 0.6 is 11.6 Å². The number of nitrogens with zero attached hydrogens (tertiary/aromatic N) is 1. The van der Waals surface area contributed by atoms with Crippen molar-refractivity contribution in [3.63, 3.8) is 0 Å². The number of fused-ring (bicyclic) bond motifs is 1. The lowest BCUT2D eigenvalue weighted by atomic mass is 10.2. The average molecular weight is 433 g/mol. The Hall–Kier alpha value is -3.90. The Morgan fingerprint density at radius 1 is 1.03 bits per heavy atom. The number of ether oxygens (including phenoxy) is 1. The second-order valence-corrected chi connectivity index (χ2v) is 7.09. The summed E-state index contributed by atoms with van der Waals surface area (Å²) in [5, 5.41) is 4.99. The standard InChI is InChI=1S/C24H17ClN2O4/c25-19-9-5-16(6-10-19)14-30-20-11-7-17(8-12-20)24(29)27-26-13-18-15-31-22-4-2-1-3-21(22)23(18)28/h1-13,15H,14H2,(H,27,29). The number of nitrogens with one attached hydrogen (secondary N) is 1. The molecular formula is C24H17ClN2O4. The number of benzene rings is 3. The van der Waals surface area contributed by atoms with Crippen molar-refractivity contribution >= 4 is 34.7 Å². The Morgan fingerprint density at radius 2 is 1.77 bits per heavy atom. The Labute approximate surface area is 182 Å². The molecule has 7 heteroatoms. The maximum atomic E-state index is 12.4. The van der Waals surface area contributed by atoms with E-state index in [0.29, 0.717) is 33.9 Å². The van der Waals surface area contributed by atoms with Crippen LogP contribution in [0.2, 0.25) is 5.02 Å². The van der Waals surface area contributed by atoms with Gasteiger partial charge in [-0.1, -0.05) is 35.9 Å². The minimum atomic E-state index is -0.411. The van der Waals surface area contributed by atoms with Crippen LogP contribution in [-0.2, 0) is 6.61 Å². The van der Waals surface area contributed by atoms with E-state index in [1.165, 1.54) is 12.5 Å². The van der Waals surface area contributed by atoms with Crippen molar-refractivity contribution in [2.24, 2.45) is 5.10 Å². The lowest BCUT2D eigenvalue weighted by molar-refractivity contribution is 0.0955. The second-order valence-electron chi connectivity index (χ2n) is 6.65. The number of rotatable bonds is 6. The molecule has 0 spiro atoms. The molecule has 0 bridgehead atoms. The third kappa shape index (κ3) is 4.99. The molecule has 0 saturated heterocycles. The molecule has 0 aliphatic rings. The fourth-order valence-corrected chi connectivity index (χ4v) is 2.98. The van der Waals surface area contributed by atoms with Crippen molar-refractivity contribution in [2.75, 3.05) is 0 Å². The quantitative estimate of drug-likeness (QED) is 0.351. The summed E-state index contributed by atoms with van der Waals surface area (Å²) in [6, 6.07) is 21.0. The molecule has 0 unspecified atom stereocenters. The first-order valence-electron chi connectivity index (χ1n) is 9.41. The fraction of sp³-hybridized carbons (Fsp3) is 0.0417. The SMILES string of the molecule is O=C(NN=Cc1coc2ccccc2c1=O)c1ccc(OCc2ccc(Cl)cc2)cc1. The van der Waals surface area contributed by atoms with Gasteiger partial charge in [-0.3, -0.25) is 9.59 Å². The van der Waals surface area contributed by atoms with E-state index >= 15 is 0 Å². The van der Waals surface area contributed by atoms with Crippen molar-refractivity contribution in [1.29, 1.82) is 0 Å². The van der Waals surface area contributed by atoms with Gasteiger partial charge < -0.3 is 9.15 Å². The third-order valence-electron chi connectivity index (χ3n) is 4.51. The van der Waals surface area contributed by atoms with Crippen molar-refractivity contribution in [3.05, 3.63) is 111 Å². The van der Waals surface area contributed by atoms with Crippen molar-refractivity contribution < 1.29 is 13.9 Å². The molecule has 154 valence electrons. The van der Waals surface area contributed by atoms with E-state index in [1.54, 1.807) is 60.7 Å². The summed E-state index contributed by atoms with van der Waals surface area (Å²) < 4.78 is 11.1. The van der Waals surface area contributed by atoms with Gasteiger partial charge in [-0.05, 0) is 54.1 Å². The van der Waals surface area contributed by atoms with Gasteiger partial charge in [0.2, 0.25) is 5.43 Å². The lowest BCUT2D eigenvalue weighted by Gasteiger charge is -2.07. The molecule has 0 saturated carbocycles. The van der Waals surface area contributed by atoms with Crippen LogP contribution in [0, 0.1) is 0 Å². The van der Waals surface area contributed by atoms with Gasteiger partial charge in [0.15, 0.2) is 0 Å². The number of hydrogen-bond donors (Lipinski definition) is 1. The van der Waals surface area contributed by atoms with Gasteiger partial charge in [0.05, 0.1) is 17.2 Å². The largest absolute Gasteiger partial charge is 0.489 e. The van der Waals surface area contributed by atoms with E-state index in [4.69, 9.17) is 20.8 Å². The van der Waals surface area contributed by atoms with Gasteiger partial charge in [-0.2, -0.15) is 5.10 Å². The third-order valence-corrected chi connectivity index (χ3v) is 4.76. The van der Waals surface area contributed by atoms with Gasteiger partial charge in [0.1, 0.15) is 24.2 Å². The van der Waals surface area contributed by atoms with E-state index in [0.717, 1.165) is 5.56 Å². The van der Waals surface area contributed by atoms with Gasteiger partial charge in [-0.15, -0.1) is 0 Å². The molecule has 0 aliphatic heterocycles. The van der Waals surface area contributed by atoms with Crippen LogP contribution in [0.1, 0.15) is 21.5 Å². The summed E-state index contributed by atoms with van der Waals surface area (Å²) >= 11 is 5.87. The van der Waals surface area contributed by atoms with E-state index in [1.807, 2.05) is 12.1 Å². The first-order valence-corrected chi connectivity index (χ1v) is 9.79. The molecule has 0 fully saturated rings. The highest BCUT2D eigenvalue weighted by Crippen LogP contribution is 2.16. The summed E-state index contributed by atoms with van der Waals surface area (Å²) in [6.07, 6.45) is 2.58. The maximum absolute atomic E-state index is 12.4. The summed E-state index contributed by atoms with van der Waals surface area (Å²) in [5.74, 6) is 0.217. The predicted octanol–water partition coefficient (Wildman–Crippen LogP) is 4.79. The van der Waals surface area contributed by atoms with Gasteiger partial charge >= 0.3 is 0 Å². The predicted molar refractivity (Wildman–Crippen MR) is 120 cm³/mol. The molecule has 4 rings (SSSR count). The Bertz CT molecular complexity index is 1300. The lowest BCUT2D eigenvalue weighted by Crippen LogP contribution is -2.18. The molecule has 4 aromatic rings. The number of hydrazone groups is 1.